The molecule has 0 saturated heterocycles. The first-order valence-electron chi connectivity index (χ1n) is 5.72. The summed E-state index contributed by atoms with van der Waals surface area (Å²) in [5, 5.41) is 0. The second kappa shape index (κ2) is 5.48. The molecule has 2 aromatic rings. The first-order chi connectivity index (χ1) is 8.16. The molecule has 88 valence electrons. The molecule has 1 nitrogen and oxygen atoms in total. The molecule has 2 heteroatoms. The van der Waals surface area contributed by atoms with Gasteiger partial charge < -0.3 is 5.73 Å². The van der Waals surface area contributed by atoms with Crippen molar-refractivity contribution in [1.82, 2.24) is 0 Å². The highest BCUT2D eigenvalue weighted by atomic mass is 79.9. The van der Waals surface area contributed by atoms with Gasteiger partial charge in [0.05, 0.1) is 0 Å². The molecule has 0 bridgehead atoms. The fourth-order valence-electron chi connectivity index (χ4n) is 1.87. The minimum atomic E-state index is 0.0511. The summed E-state index contributed by atoms with van der Waals surface area (Å²) in [4.78, 5) is 0. The van der Waals surface area contributed by atoms with Crippen LogP contribution in [0.25, 0.3) is 0 Å². The molecule has 17 heavy (non-hydrogen) atoms. The molecule has 0 aromatic heterocycles. The zero-order valence-corrected chi connectivity index (χ0v) is 11.4. The van der Waals surface area contributed by atoms with Crippen molar-refractivity contribution in [2.75, 3.05) is 0 Å². The van der Waals surface area contributed by atoms with E-state index in [-0.39, 0.29) is 6.04 Å². The summed E-state index contributed by atoms with van der Waals surface area (Å²) in [7, 11) is 0. The summed E-state index contributed by atoms with van der Waals surface area (Å²) in [6.45, 7) is 2.09. The van der Waals surface area contributed by atoms with Crippen LogP contribution in [-0.4, -0.2) is 0 Å². The van der Waals surface area contributed by atoms with Gasteiger partial charge in [-0.2, -0.15) is 0 Å². The predicted octanol–water partition coefficient (Wildman–Crippen LogP) is 4.00. The molecule has 0 fully saturated rings. The molecule has 2 rings (SSSR count). The van der Waals surface area contributed by atoms with E-state index in [2.05, 4.69) is 53.2 Å². The summed E-state index contributed by atoms with van der Waals surface area (Å²) in [5.74, 6) is 0. The van der Waals surface area contributed by atoms with Crippen molar-refractivity contribution in [3.05, 3.63) is 69.7 Å². The minimum Gasteiger partial charge on any atom is -0.324 e. The highest BCUT2D eigenvalue weighted by Gasteiger charge is 2.08. The number of hydrogen-bond acceptors (Lipinski definition) is 1. The Labute approximate surface area is 111 Å². The molecule has 0 radical (unpaired) electrons. The lowest BCUT2D eigenvalue weighted by Gasteiger charge is -2.13. The lowest BCUT2D eigenvalue weighted by atomic mass is 9.99. The number of aryl methyl sites for hydroxylation is 1. The predicted molar refractivity (Wildman–Crippen MR) is 76.0 cm³/mol. The third kappa shape index (κ3) is 3.18. The van der Waals surface area contributed by atoms with E-state index in [0.29, 0.717) is 0 Å². The molecule has 0 aliphatic rings. The largest absolute Gasteiger partial charge is 0.324 e. The zero-order valence-electron chi connectivity index (χ0n) is 9.86. The maximum absolute atomic E-state index is 6.21. The Morgan fingerprint density at radius 1 is 1.12 bits per heavy atom. The van der Waals surface area contributed by atoms with E-state index in [1.807, 2.05) is 18.2 Å². The standard InChI is InChI=1S/C15H16BrN/c1-11-7-8-13(14(16)9-11)10-15(17)12-5-3-2-4-6-12/h2-9,15H,10,17H2,1H3. The van der Waals surface area contributed by atoms with Crippen molar-refractivity contribution in [1.29, 1.82) is 0 Å². The van der Waals surface area contributed by atoms with Gasteiger partial charge in [0.2, 0.25) is 0 Å². The second-order valence-electron chi connectivity index (χ2n) is 4.32. The smallest absolute Gasteiger partial charge is 0.0336 e. The van der Waals surface area contributed by atoms with Gasteiger partial charge in [-0.25, -0.2) is 0 Å². The SMILES string of the molecule is Cc1ccc(CC(N)c2ccccc2)c(Br)c1. The fraction of sp³-hybridized carbons (Fsp3) is 0.200. The Kier molecular flexibility index (Phi) is 3.97. The molecule has 2 aromatic carbocycles. The van der Waals surface area contributed by atoms with E-state index in [0.717, 1.165) is 10.9 Å². The van der Waals surface area contributed by atoms with Gasteiger partial charge in [-0.1, -0.05) is 58.4 Å². The van der Waals surface area contributed by atoms with Gasteiger partial charge in [-0.3, -0.25) is 0 Å². The van der Waals surface area contributed by atoms with E-state index in [9.17, 15) is 0 Å². The fourth-order valence-corrected chi connectivity index (χ4v) is 2.53. The molecule has 0 aliphatic carbocycles. The molecule has 0 aliphatic heterocycles. The third-order valence-electron chi connectivity index (χ3n) is 2.88. The summed E-state index contributed by atoms with van der Waals surface area (Å²) in [6, 6.07) is 16.7. The van der Waals surface area contributed by atoms with Crippen molar-refractivity contribution in [3.8, 4) is 0 Å². The first-order valence-corrected chi connectivity index (χ1v) is 6.51. The number of rotatable bonds is 3. The summed E-state index contributed by atoms with van der Waals surface area (Å²) < 4.78 is 1.14. The molecule has 1 atom stereocenters. The Morgan fingerprint density at radius 3 is 2.47 bits per heavy atom. The molecule has 0 saturated carbocycles. The highest BCUT2D eigenvalue weighted by molar-refractivity contribution is 9.10. The average molecular weight is 290 g/mol. The Morgan fingerprint density at radius 2 is 1.82 bits per heavy atom. The van der Waals surface area contributed by atoms with Gasteiger partial charge in [0, 0.05) is 10.5 Å². The van der Waals surface area contributed by atoms with Crippen LogP contribution in [0.15, 0.2) is 53.0 Å². The highest BCUT2D eigenvalue weighted by Crippen LogP contribution is 2.23. The van der Waals surface area contributed by atoms with Crippen molar-refractivity contribution < 1.29 is 0 Å². The first kappa shape index (κ1) is 12.3. The van der Waals surface area contributed by atoms with Crippen LogP contribution in [0.2, 0.25) is 0 Å². The van der Waals surface area contributed by atoms with Crippen LogP contribution in [0.3, 0.4) is 0 Å². The topological polar surface area (TPSA) is 26.0 Å². The van der Waals surface area contributed by atoms with Crippen molar-refractivity contribution in [2.45, 2.75) is 19.4 Å². The summed E-state index contributed by atoms with van der Waals surface area (Å²) in [5.41, 5.74) is 9.91. The van der Waals surface area contributed by atoms with Crippen LogP contribution in [0.4, 0.5) is 0 Å². The van der Waals surface area contributed by atoms with Crippen LogP contribution in [0.1, 0.15) is 22.7 Å². The molecule has 0 heterocycles. The van der Waals surface area contributed by atoms with Crippen molar-refractivity contribution in [2.24, 2.45) is 5.73 Å². The van der Waals surface area contributed by atoms with Gasteiger partial charge in [-0.15, -0.1) is 0 Å². The lowest BCUT2D eigenvalue weighted by molar-refractivity contribution is 0.720. The Balaban J connectivity index is 2.16. The van der Waals surface area contributed by atoms with Crippen LogP contribution >= 0.6 is 15.9 Å². The van der Waals surface area contributed by atoms with E-state index in [4.69, 9.17) is 5.73 Å². The average Bonchev–Trinajstić information content (AvgIpc) is 2.34. The second-order valence-corrected chi connectivity index (χ2v) is 5.17. The lowest BCUT2D eigenvalue weighted by Crippen LogP contribution is -2.13. The van der Waals surface area contributed by atoms with Gasteiger partial charge in [0.15, 0.2) is 0 Å². The monoisotopic (exact) mass is 289 g/mol. The van der Waals surface area contributed by atoms with Crippen LogP contribution in [0, 0.1) is 6.92 Å². The van der Waals surface area contributed by atoms with E-state index in [1.165, 1.54) is 16.7 Å². The number of benzene rings is 2. The molecular formula is C15H16BrN. The number of halogens is 1. The molecule has 2 N–H and O–H groups in total. The molecule has 0 amide bonds. The van der Waals surface area contributed by atoms with Crippen LogP contribution in [-0.2, 0) is 6.42 Å². The van der Waals surface area contributed by atoms with Gasteiger partial charge >= 0.3 is 0 Å². The Bertz CT molecular complexity index is 494. The van der Waals surface area contributed by atoms with Crippen LogP contribution in [0.5, 0.6) is 0 Å². The van der Waals surface area contributed by atoms with Crippen LogP contribution < -0.4 is 5.73 Å². The zero-order chi connectivity index (χ0) is 12.3. The maximum Gasteiger partial charge on any atom is 0.0336 e. The van der Waals surface area contributed by atoms with Crippen molar-refractivity contribution in [3.63, 3.8) is 0 Å². The summed E-state index contributed by atoms with van der Waals surface area (Å²) >= 11 is 3.59. The molecule has 1 unspecified atom stereocenters. The quantitative estimate of drug-likeness (QED) is 0.908. The van der Waals surface area contributed by atoms with Gasteiger partial charge in [0.25, 0.3) is 0 Å². The summed E-state index contributed by atoms with van der Waals surface area (Å²) in [6.07, 6.45) is 0.852. The van der Waals surface area contributed by atoms with E-state index < -0.39 is 0 Å². The third-order valence-corrected chi connectivity index (χ3v) is 3.61. The Hall–Kier alpha value is -1.12. The van der Waals surface area contributed by atoms with Gasteiger partial charge in [0.1, 0.15) is 0 Å². The normalized spacial score (nSPS) is 12.4. The number of hydrogen-bond donors (Lipinski definition) is 1. The maximum atomic E-state index is 6.21. The molecular weight excluding hydrogens is 274 g/mol. The van der Waals surface area contributed by atoms with E-state index in [1.54, 1.807) is 0 Å². The van der Waals surface area contributed by atoms with Gasteiger partial charge in [-0.05, 0) is 36.1 Å². The van der Waals surface area contributed by atoms with E-state index >= 15 is 0 Å². The molecule has 0 spiro atoms. The number of nitrogens with two attached hydrogens (primary N) is 1. The van der Waals surface area contributed by atoms with Crippen molar-refractivity contribution >= 4 is 15.9 Å². The minimum absolute atomic E-state index is 0.0511.